The fourth-order valence-corrected chi connectivity index (χ4v) is 7.70. The van der Waals surface area contributed by atoms with Gasteiger partial charge in [0.2, 0.25) is 5.91 Å². The average molecular weight is 437 g/mol. The quantitative estimate of drug-likeness (QED) is 0.584. The van der Waals surface area contributed by atoms with Crippen molar-refractivity contribution in [1.29, 1.82) is 0 Å². The Kier molecular flexibility index (Phi) is 7.21. The molecule has 5 rings (SSSR count). The van der Waals surface area contributed by atoms with Crippen molar-refractivity contribution in [2.24, 2.45) is 29.6 Å². The van der Waals surface area contributed by atoms with E-state index in [4.69, 9.17) is 0 Å². The van der Waals surface area contributed by atoms with Crippen molar-refractivity contribution in [3.8, 4) is 0 Å². The second kappa shape index (κ2) is 10.3. The summed E-state index contributed by atoms with van der Waals surface area (Å²) < 4.78 is 0. The van der Waals surface area contributed by atoms with E-state index in [1.807, 2.05) is 0 Å². The summed E-state index contributed by atoms with van der Waals surface area (Å²) in [6.45, 7) is 5.58. The van der Waals surface area contributed by atoms with Gasteiger partial charge in [-0.1, -0.05) is 68.4 Å². The number of carbonyl (C=O) groups excluding carboxylic acids is 1. The number of nitrogens with one attached hydrogen (secondary N) is 1. The van der Waals surface area contributed by atoms with E-state index in [9.17, 15) is 4.79 Å². The van der Waals surface area contributed by atoms with Crippen LogP contribution in [0.4, 0.5) is 0 Å². The second-order valence-corrected chi connectivity index (χ2v) is 11.6. The molecule has 0 unspecified atom stereocenters. The number of nitrogens with zero attached hydrogens (tertiary/aromatic N) is 1. The summed E-state index contributed by atoms with van der Waals surface area (Å²) in [5.41, 5.74) is 2.76. The molecule has 32 heavy (non-hydrogen) atoms. The minimum absolute atomic E-state index is 0.291. The predicted molar refractivity (Wildman–Crippen MR) is 131 cm³/mol. The van der Waals surface area contributed by atoms with Crippen molar-refractivity contribution in [1.82, 2.24) is 10.2 Å². The lowest BCUT2D eigenvalue weighted by molar-refractivity contribution is -0.131. The first kappa shape index (κ1) is 22.4. The molecule has 1 amide bonds. The molecule has 0 aromatic heterocycles. The van der Waals surface area contributed by atoms with Gasteiger partial charge in [-0.3, -0.25) is 9.69 Å². The fraction of sp³-hybridized carbons (Fsp3) is 0.759. The topological polar surface area (TPSA) is 32.3 Å². The van der Waals surface area contributed by atoms with Crippen molar-refractivity contribution in [2.45, 2.75) is 96.6 Å². The van der Waals surface area contributed by atoms with Crippen LogP contribution in [-0.4, -0.2) is 29.9 Å². The van der Waals surface area contributed by atoms with Crippen LogP contribution in [0.2, 0.25) is 0 Å². The summed E-state index contributed by atoms with van der Waals surface area (Å²) in [5.74, 6) is 3.44. The Morgan fingerprint density at radius 3 is 2.12 bits per heavy atom. The molecule has 4 aliphatic rings. The van der Waals surface area contributed by atoms with Gasteiger partial charge < -0.3 is 5.32 Å². The third-order valence-corrected chi connectivity index (χ3v) is 9.41. The van der Waals surface area contributed by atoms with Gasteiger partial charge in [0, 0.05) is 31.6 Å². The van der Waals surface area contributed by atoms with Gasteiger partial charge in [0.05, 0.1) is 0 Å². The van der Waals surface area contributed by atoms with Crippen LogP contribution < -0.4 is 5.32 Å². The summed E-state index contributed by atoms with van der Waals surface area (Å²) in [6, 6.07) is 9.42. The smallest absolute Gasteiger partial charge is 0.223 e. The van der Waals surface area contributed by atoms with Crippen LogP contribution >= 0.6 is 0 Å². The van der Waals surface area contributed by atoms with E-state index in [0.29, 0.717) is 35.6 Å². The minimum Gasteiger partial charge on any atom is -0.353 e. The van der Waals surface area contributed by atoms with E-state index in [1.54, 1.807) is 0 Å². The number of aryl methyl sites for hydroxylation is 1. The molecule has 1 saturated heterocycles. The average Bonchev–Trinajstić information content (AvgIpc) is 3.38. The molecule has 3 saturated carbocycles. The van der Waals surface area contributed by atoms with Gasteiger partial charge in [0.15, 0.2) is 0 Å². The normalized spacial score (nSPS) is 30.0. The van der Waals surface area contributed by atoms with Gasteiger partial charge >= 0.3 is 0 Å². The van der Waals surface area contributed by atoms with Gasteiger partial charge in [-0.2, -0.15) is 0 Å². The molecule has 1 aromatic carbocycles. The highest BCUT2D eigenvalue weighted by Gasteiger charge is 2.45. The number of hydrogen-bond donors (Lipinski definition) is 1. The van der Waals surface area contributed by atoms with Crippen LogP contribution in [0.15, 0.2) is 24.3 Å². The van der Waals surface area contributed by atoms with Crippen molar-refractivity contribution in [3.05, 3.63) is 35.4 Å². The maximum Gasteiger partial charge on any atom is 0.223 e. The largest absolute Gasteiger partial charge is 0.353 e. The molecule has 1 aromatic rings. The highest BCUT2D eigenvalue weighted by atomic mass is 16.2. The number of hydrogen-bond acceptors (Lipinski definition) is 2. The molecule has 1 N–H and O–H groups in total. The van der Waals surface area contributed by atoms with Crippen molar-refractivity contribution >= 4 is 5.91 Å². The lowest BCUT2D eigenvalue weighted by Gasteiger charge is -2.37. The summed E-state index contributed by atoms with van der Waals surface area (Å²) >= 11 is 0. The molecule has 3 heteroatoms. The van der Waals surface area contributed by atoms with Crippen molar-refractivity contribution in [3.63, 3.8) is 0 Å². The fourth-order valence-electron chi connectivity index (χ4n) is 7.70. The first-order valence-corrected chi connectivity index (χ1v) is 13.8. The molecule has 0 radical (unpaired) electrons. The number of amides is 1. The first-order valence-electron chi connectivity index (χ1n) is 13.8. The molecule has 1 aliphatic heterocycles. The number of fused-ring (bicyclic) bond motifs is 1. The van der Waals surface area contributed by atoms with E-state index >= 15 is 0 Å². The van der Waals surface area contributed by atoms with E-state index in [-0.39, 0.29) is 0 Å². The van der Waals surface area contributed by atoms with E-state index in [2.05, 4.69) is 41.4 Å². The van der Waals surface area contributed by atoms with Gasteiger partial charge in [-0.25, -0.2) is 0 Å². The Morgan fingerprint density at radius 2 is 1.50 bits per heavy atom. The highest BCUT2D eigenvalue weighted by Crippen LogP contribution is 2.42. The molecule has 0 spiro atoms. The molecule has 0 bridgehead atoms. The molecular formula is C29H44N2O. The third-order valence-electron chi connectivity index (χ3n) is 9.41. The molecule has 3 atom stereocenters. The zero-order chi connectivity index (χ0) is 21.9. The monoisotopic (exact) mass is 436 g/mol. The van der Waals surface area contributed by atoms with E-state index in [1.165, 1.54) is 94.7 Å². The van der Waals surface area contributed by atoms with E-state index in [0.717, 1.165) is 19.0 Å². The van der Waals surface area contributed by atoms with Gasteiger partial charge in [0.25, 0.3) is 0 Å². The molecular weight excluding hydrogens is 392 g/mol. The lowest BCUT2D eigenvalue weighted by Crippen LogP contribution is -2.47. The predicted octanol–water partition coefficient (Wildman–Crippen LogP) is 6.10. The zero-order valence-electron chi connectivity index (χ0n) is 20.2. The van der Waals surface area contributed by atoms with E-state index < -0.39 is 0 Å². The SMILES string of the molecule is Cc1ccc(CN2C[C@@H]3CC[C@H](NC(=O)C(C4CCCCC4)C4CCCCC4)[C@@H]3C2)cc1. The Hall–Kier alpha value is -1.35. The van der Waals surface area contributed by atoms with Crippen LogP contribution in [0.5, 0.6) is 0 Å². The number of rotatable bonds is 6. The molecule has 176 valence electrons. The first-order chi connectivity index (χ1) is 15.7. The van der Waals surface area contributed by atoms with Crippen LogP contribution in [-0.2, 0) is 11.3 Å². The van der Waals surface area contributed by atoms with Crippen molar-refractivity contribution < 1.29 is 4.79 Å². The lowest BCUT2D eigenvalue weighted by atomic mass is 9.69. The van der Waals surface area contributed by atoms with Crippen molar-refractivity contribution in [2.75, 3.05) is 13.1 Å². The number of benzene rings is 1. The molecule has 1 heterocycles. The Labute approximate surface area is 195 Å². The Morgan fingerprint density at radius 1 is 0.875 bits per heavy atom. The molecule has 3 aliphatic carbocycles. The number of carbonyl (C=O) groups is 1. The summed E-state index contributed by atoms with van der Waals surface area (Å²) in [7, 11) is 0. The summed E-state index contributed by atoms with van der Waals surface area (Å²) in [4.78, 5) is 16.4. The third kappa shape index (κ3) is 5.08. The molecule has 4 fully saturated rings. The van der Waals surface area contributed by atoms with Crippen LogP contribution in [0.25, 0.3) is 0 Å². The number of likely N-dealkylation sites (tertiary alicyclic amines) is 1. The van der Waals surface area contributed by atoms with Crippen LogP contribution in [0, 0.1) is 36.5 Å². The maximum absolute atomic E-state index is 13.8. The molecule has 3 nitrogen and oxygen atoms in total. The Balaban J connectivity index is 1.21. The zero-order valence-corrected chi connectivity index (χ0v) is 20.2. The Bertz CT molecular complexity index is 729. The minimum atomic E-state index is 0.291. The van der Waals surface area contributed by atoms with Gasteiger partial charge in [0.1, 0.15) is 0 Å². The second-order valence-electron chi connectivity index (χ2n) is 11.6. The van der Waals surface area contributed by atoms with Gasteiger partial charge in [-0.05, 0) is 74.7 Å². The maximum atomic E-state index is 13.8. The summed E-state index contributed by atoms with van der Waals surface area (Å²) in [5, 5.41) is 3.67. The van der Waals surface area contributed by atoms with Crippen LogP contribution in [0.1, 0.15) is 88.2 Å². The highest BCUT2D eigenvalue weighted by molar-refractivity contribution is 5.79. The van der Waals surface area contributed by atoms with Gasteiger partial charge in [-0.15, -0.1) is 0 Å². The summed E-state index contributed by atoms with van der Waals surface area (Å²) in [6.07, 6.45) is 15.7. The van der Waals surface area contributed by atoms with Crippen LogP contribution in [0.3, 0.4) is 0 Å². The standard InChI is InChI=1S/C29H44N2O/c1-21-12-14-22(15-13-21)18-31-19-25-16-17-27(26(25)20-31)30-29(32)28(23-8-4-2-5-9-23)24-10-6-3-7-11-24/h12-15,23-28H,2-11,16-20H2,1H3,(H,30,32)/t25-,26+,27-/m0/s1.